The van der Waals surface area contributed by atoms with Crippen molar-refractivity contribution in [3.05, 3.63) is 29.8 Å². The maximum Gasteiger partial charge on any atom is 0.174 e. The molecule has 1 unspecified atom stereocenters. The zero-order valence-electron chi connectivity index (χ0n) is 12.4. The van der Waals surface area contributed by atoms with Gasteiger partial charge in [0.1, 0.15) is 11.8 Å². The molecule has 4 nitrogen and oxygen atoms in total. The normalized spacial score (nSPS) is 11.8. The van der Waals surface area contributed by atoms with E-state index in [-0.39, 0.29) is 6.61 Å². The molecule has 4 heteroatoms. The monoisotopic (exact) mass is 276 g/mol. The molecule has 20 heavy (non-hydrogen) atoms. The lowest BCUT2D eigenvalue weighted by Gasteiger charge is -2.14. The summed E-state index contributed by atoms with van der Waals surface area (Å²) in [4.78, 5) is 0. The highest BCUT2D eigenvalue weighted by molar-refractivity contribution is 5.29. The summed E-state index contributed by atoms with van der Waals surface area (Å²) in [5, 5.41) is 11.9. The van der Waals surface area contributed by atoms with E-state index in [1.54, 1.807) is 0 Å². The van der Waals surface area contributed by atoms with Gasteiger partial charge in [-0.25, -0.2) is 0 Å². The number of nitrogens with one attached hydrogen (secondary N) is 1. The fourth-order valence-corrected chi connectivity index (χ4v) is 1.83. The Kier molecular flexibility index (Phi) is 8.44. The van der Waals surface area contributed by atoms with Crippen LogP contribution in [0.2, 0.25) is 0 Å². The molecule has 0 aliphatic heterocycles. The second-order valence-electron chi connectivity index (χ2n) is 4.66. The van der Waals surface area contributed by atoms with Crippen molar-refractivity contribution in [1.82, 2.24) is 5.32 Å². The molecular weight excluding hydrogens is 252 g/mol. The zero-order chi connectivity index (χ0) is 14.6. The molecule has 0 fully saturated rings. The van der Waals surface area contributed by atoms with Crippen molar-refractivity contribution in [2.75, 3.05) is 26.4 Å². The van der Waals surface area contributed by atoms with Crippen LogP contribution in [0.15, 0.2) is 24.3 Å². The van der Waals surface area contributed by atoms with E-state index >= 15 is 0 Å². The zero-order valence-corrected chi connectivity index (χ0v) is 12.4. The van der Waals surface area contributed by atoms with Gasteiger partial charge in [0, 0.05) is 19.3 Å². The van der Waals surface area contributed by atoms with Crippen LogP contribution in [0.25, 0.3) is 0 Å². The highest BCUT2D eigenvalue weighted by Crippen LogP contribution is 2.17. The van der Waals surface area contributed by atoms with Crippen molar-refractivity contribution in [2.24, 2.45) is 0 Å². The van der Waals surface area contributed by atoms with Crippen LogP contribution in [-0.2, 0) is 4.74 Å². The summed E-state index contributed by atoms with van der Waals surface area (Å²) in [6.45, 7) is 6.94. The number of benzene rings is 1. The Morgan fingerprint density at radius 3 is 2.65 bits per heavy atom. The van der Waals surface area contributed by atoms with Crippen LogP contribution in [0, 0.1) is 11.3 Å². The molecule has 1 aromatic carbocycles. The van der Waals surface area contributed by atoms with Gasteiger partial charge in [-0.05, 0) is 44.0 Å². The van der Waals surface area contributed by atoms with Crippen LogP contribution in [0.4, 0.5) is 0 Å². The van der Waals surface area contributed by atoms with Crippen molar-refractivity contribution in [1.29, 1.82) is 5.26 Å². The van der Waals surface area contributed by atoms with Gasteiger partial charge >= 0.3 is 0 Å². The van der Waals surface area contributed by atoms with Gasteiger partial charge in [0.2, 0.25) is 0 Å². The molecule has 0 bridgehead atoms. The fourth-order valence-electron chi connectivity index (χ4n) is 1.83. The summed E-state index contributed by atoms with van der Waals surface area (Å²) >= 11 is 0. The molecule has 110 valence electrons. The van der Waals surface area contributed by atoms with Gasteiger partial charge in [-0.3, -0.25) is 0 Å². The predicted molar refractivity (Wildman–Crippen MR) is 79.7 cm³/mol. The lowest BCUT2D eigenvalue weighted by Crippen LogP contribution is -2.21. The summed E-state index contributed by atoms with van der Waals surface area (Å²) < 4.78 is 10.7. The fraction of sp³-hybridized carbons (Fsp3) is 0.562. The van der Waals surface area contributed by atoms with Crippen LogP contribution in [0.3, 0.4) is 0 Å². The van der Waals surface area contributed by atoms with Gasteiger partial charge in [0.05, 0.1) is 0 Å². The van der Waals surface area contributed by atoms with E-state index in [1.807, 2.05) is 30.3 Å². The second kappa shape index (κ2) is 10.2. The van der Waals surface area contributed by atoms with E-state index < -0.39 is 0 Å². The SMILES string of the molecule is CCCOCCCNC(C)c1ccc(OCC#N)cc1. The first kappa shape index (κ1) is 16.5. The molecule has 1 N–H and O–H groups in total. The molecule has 0 aliphatic rings. The lowest BCUT2D eigenvalue weighted by molar-refractivity contribution is 0.132. The molecule has 0 radical (unpaired) electrons. The number of rotatable bonds is 10. The van der Waals surface area contributed by atoms with E-state index in [4.69, 9.17) is 14.7 Å². The highest BCUT2D eigenvalue weighted by Gasteiger charge is 2.04. The Bertz CT molecular complexity index is 398. The van der Waals surface area contributed by atoms with Crippen molar-refractivity contribution in [3.63, 3.8) is 0 Å². The average Bonchev–Trinajstić information content (AvgIpc) is 2.49. The molecule has 1 rings (SSSR count). The Morgan fingerprint density at radius 1 is 1.25 bits per heavy atom. The first-order chi connectivity index (χ1) is 9.77. The number of hydrogen-bond donors (Lipinski definition) is 1. The minimum Gasteiger partial charge on any atom is -0.479 e. The first-order valence-electron chi connectivity index (χ1n) is 7.18. The molecule has 0 saturated heterocycles. The predicted octanol–water partition coefficient (Wildman–Crippen LogP) is 3.06. The third-order valence-electron chi connectivity index (χ3n) is 2.95. The number of nitrogens with zero attached hydrogens (tertiary/aromatic N) is 1. The Labute approximate surface area is 121 Å². The minimum atomic E-state index is 0.0882. The van der Waals surface area contributed by atoms with E-state index in [1.165, 1.54) is 5.56 Å². The maximum absolute atomic E-state index is 8.45. The lowest BCUT2D eigenvalue weighted by atomic mass is 10.1. The smallest absolute Gasteiger partial charge is 0.174 e. The first-order valence-corrected chi connectivity index (χ1v) is 7.18. The molecule has 0 aromatic heterocycles. The Morgan fingerprint density at radius 2 is 2.00 bits per heavy atom. The Hall–Kier alpha value is -1.57. The number of nitriles is 1. The van der Waals surface area contributed by atoms with Gasteiger partial charge < -0.3 is 14.8 Å². The van der Waals surface area contributed by atoms with Crippen LogP contribution < -0.4 is 10.1 Å². The van der Waals surface area contributed by atoms with Gasteiger partial charge in [0.15, 0.2) is 6.61 Å². The van der Waals surface area contributed by atoms with Crippen molar-refractivity contribution in [2.45, 2.75) is 32.7 Å². The van der Waals surface area contributed by atoms with E-state index in [9.17, 15) is 0 Å². The Balaban J connectivity index is 2.25. The van der Waals surface area contributed by atoms with E-state index in [0.717, 1.165) is 38.3 Å². The van der Waals surface area contributed by atoms with E-state index in [0.29, 0.717) is 6.04 Å². The largest absolute Gasteiger partial charge is 0.479 e. The highest BCUT2D eigenvalue weighted by atomic mass is 16.5. The molecule has 0 heterocycles. The summed E-state index contributed by atoms with van der Waals surface area (Å²) in [6.07, 6.45) is 2.09. The van der Waals surface area contributed by atoms with E-state index in [2.05, 4.69) is 19.2 Å². The van der Waals surface area contributed by atoms with Gasteiger partial charge in [-0.2, -0.15) is 5.26 Å². The van der Waals surface area contributed by atoms with Crippen LogP contribution in [-0.4, -0.2) is 26.4 Å². The van der Waals surface area contributed by atoms with Gasteiger partial charge in [-0.1, -0.05) is 19.1 Å². The third kappa shape index (κ3) is 6.55. The second-order valence-corrected chi connectivity index (χ2v) is 4.66. The quantitative estimate of drug-likeness (QED) is 0.667. The molecular formula is C16H24N2O2. The molecule has 0 aliphatic carbocycles. The van der Waals surface area contributed by atoms with Crippen LogP contribution in [0.1, 0.15) is 38.3 Å². The summed E-state index contributed by atoms with van der Waals surface area (Å²) in [5.41, 5.74) is 1.21. The van der Waals surface area contributed by atoms with Crippen molar-refractivity contribution in [3.8, 4) is 11.8 Å². The molecule has 1 aromatic rings. The molecule has 0 amide bonds. The topological polar surface area (TPSA) is 54.3 Å². The summed E-state index contributed by atoms with van der Waals surface area (Å²) in [5.74, 6) is 0.732. The maximum atomic E-state index is 8.45. The van der Waals surface area contributed by atoms with Gasteiger partial charge in [0.25, 0.3) is 0 Å². The van der Waals surface area contributed by atoms with Crippen LogP contribution in [0.5, 0.6) is 5.75 Å². The number of hydrogen-bond acceptors (Lipinski definition) is 4. The molecule has 0 spiro atoms. The van der Waals surface area contributed by atoms with Crippen molar-refractivity contribution < 1.29 is 9.47 Å². The van der Waals surface area contributed by atoms with Crippen LogP contribution >= 0.6 is 0 Å². The minimum absolute atomic E-state index is 0.0882. The summed E-state index contributed by atoms with van der Waals surface area (Å²) in [7, 11) is 0. The third-order valence-corrected chi connectivity index (χ3v) is 2.95. The molecule has 1 atom stereocenters. The van der Waals surface area contributed by atoms with Crippen molar-refractivity contribution >= 4 is 0 Å². The number of ether oxygens (including phenoxy) is 2. The average molecular weight is 276 g/mol. The van der Waals surface area contributed by atoms with Gasteiger partial charge in [-0.15, -0.1) is 0 Å². The molecule has 0 saturated carbocycles. The summed E-state index contributed by atoms with van der Waals surface area (Å²) in [6, 6.07) is 10.1. The standard InChI is InChI=1S/C16H24N2O2/c1-3-11-19-12-4-10-18-14(2)15-5-7-16(8-6-15)20-13-9-17/h5-8,14,18H,3-4,10-13H2,1-2H3.